The summed E-state index contributed by atoms with van der Waals surface area (Å²) in [5.41, 5.74) is 8.95. The third-order valence-corrected chi connectivity index (χ3v) is 6.73. The van der Waals surface area contributed by atoms with Gasteiger partial charge in [-0.3, -0.25) is 0 Å². The maximum atomic E-state index is 13.5. The fourth-order valence-corrected chi connectivity index (χ4v) is 5.26. The smallest absolute Gasteiger partial charge is 0.165 e. The number of rotatable bonds is 7. The third kappa shape index (κ3) is 3.91. The van der Waals surface area contributed by atoms with E-state index in [1.165, 1.54) is 23.4 Å². The summed E-state index contributed by atoms with van der Waals surface area (Å²) < 4.78 is 21.0. The van der Waals surface area contributed by atoms with Crippen molar-refractivity contribution in [3.8, 4) is 16.9 Å². The van der Waals surface area contributed by atoms with E-state index in [2.05, 4.69) is 37.8 Å². The molecule has 4 aromatic rings. The van der Waals surface area contributed by atoms with E-state index in [1.807, 2.05) is 22.8 Å². The molecule has 5 rings (SSSR count). The molecule has 0 saturated carbocycles. The minimum Gasteiger partial charge on any atom is -0.497 e. The van der Waals surface area contributed by atoms with Gasteiger partial charge in [-0.2, -0.15) is 9.61 Å². The summed E-state index contributed by atoms with van der Waals surface area (Å²) in [7, 11) is 1.70. The molecular formula is C28H31FN4O. The molecule has 0 atom stereocenters. The van der Waals surface area contributed by atoms with Gasteiger partial charge in [-0.25, -0.2) is 9.37 Å². The second kappa shape index (κ2) is 9.09. The molecule has 0 saturated heterocycles. The minimum atomic E-state index is -0.208. The predicted octanol–water partition coefficient (Wildman–Crippen LogP) is 6.07. The summed E-state index contributed by atoms with van der Waals surface area (Å²) in [4.78, 5) is 7.52. The van der Waals surface area contributed by atoms with Gasteiger partial charge in [0.2, 0.25) is 0 Å². The standard InChI is InChI=1S/C28H31FN4O/c1-5-13-32(17-20-9-11-21(29)12-10-20)28-23-7-6-8-25(23)31-27-24(16-30-33(27)28)26-18(2)14-22(34-4)15-19(26)3/h9-12,14-16H,5-8,13,17H2,1-4H3. The number of hydrogen-bond acceptors (Lipinski definition) is 4. The molecule has 0 unspecified atom stereocenters. The molecule has 0 aliphatic heterocycles. The van der Waals surface area contributed by atoms with Gasteiger partial charge >= 0.3 is 0 Å². The Morgan fingerprint density at radius 3 is 2.50 bits per heavy atom. The third-order valence-electron chi connectivity index (χ3n) is 6.73. The average molecular weight is 459 g/mol. The average Bonchev–Trinajstić information content (AvgIpc) is 3.45. The second-order valence-electron chi connectivity index (χ2n) is 9.19. The number of ether oxygens (including phenoxy) is 1. The molecule has 0 fully saturated rings. The van der Waals surface area contributed by atoms with Crippen molar-refractivity contribution in [2.24, 2.45) is 0 Å². The number of halogens is 1. The number of hydrogen-bond donors (Lipinski definition) is 0. The van der Waals surface area contributed by atoms with Gasteiger partial charge in [0, 0.05) is 29.9 Å². The van der Waals surface area contributed by atoms with Gasteiger partial charge in [0.15, 0.2) is 5.65 Å². The zero-order valence-electron chi connectivity index (χ0n) is 20.4. The van der Waals surface area contributed by atoms with Gasteiger partial charge in [-0.1, -0.05) is 19.1 Å². The Kier molecular flexibility index (Phi) is 5.98. The molecular weight excluding hydrogens is 427 g/mol. The van der Waals surface area contributed by atoms with Crippen LogP contribution in [0, 0.1) is 19.7 Å². The number of aromatic nitrogens is 3. The van der Waals surface area contributed by atoms with E-state index in [0.29, 0.717) is 6.54 Å². The number of nitrogens with zero attached hydrogens (tertiary/aromatic N) is 4. The lowest BCUT2D eigenvalue weighted by molar-refractivity contribution is 0.414. The van der Waals surface area contributed by atoms with Crippen molar-refractivity contribution < 1.29 is 9.13 Å². The lowest BCUT2D eigenvalue weighted by atomic mass is 9.97. The molecule has 2 heterocycles. The largest absolute Gasteiger partial charge is 0.497 e. The fourth-order valence-electron chi connectivity index (χ4n) is 5.26. The Morgan fingerprint density at radius 1 is 1.09 bits per heavy atom. The van der Waals surface area contributed by atoms with E-state index >= 15 is 0 Å². The van der Waals surface area contributed by atoms with Crippen LogP contribution in [-0.4, -0.2) is 28.3 Å². The SMILES string of the molecule is CCCN(Cc1ccc(F)cc1)c1c2c(nc3c(-c4c(C)cc(OC)cc4C)cnn13)CCC2. The van der Waals surface area contributed by atoms with E-state index in [9.17, 15) is 4.39 Å². The molecule has 0 radical (unpaired) electrons. The summed E-state index contributed by atoms with van der Waals surface area (Å²) in [5.74, 6) is 1.77. The molecule has 1 aliphatic carbocycles. The van der Waals surface area contributed by atoms with Crippen molar-refractivity contribution in [1.29, 1.82) is 0 Å². The Hall–Kier alpha value is -3.41. The maximum Gasteiger partial charge on any atom is 0.165 e. The lowest BCUT2D eigenvalue weighted by Crippen LogP contribution is -2.27. The highest BCUT2D eigenvalue weighted by molar-refractivity contribution is 5.83. The van der Waals surface area contributed by atoms with Crippen LogP contribution < -0.4 is 9.64 Å². The van der Waals surface area contributed by atoms with Crippen molar-refractivity contribution >= 4 is 11.5 Å². The van der Waals surface area contributed by atoms with Gasteiger partial charge in [0.1, 0.15) is 17.4 Å². The van der Waals surface area contributed by atoms with Crippen molar-refractivity contribution in [3.05, 3.63) is 76.4 Å². The van der Waals surface area contributed by atoms with E-state index in [-0.39, 0.29) is 5.82 Å². The molecule has 176 valence electrons. The van der Waals surface area contributed by atoms with Gasteiger partial charge in [0.25, 0.3) is 0 Å². The number of fused-ring (bicyclic) bond motifs is 2. The number of anilines is 1. The Labute approximate surface area is 200 Å². The summed E-state index contributed by atoms with van der Waals surface area (Å²) >= 11 is 0. The quantitative estimate of drug-likeness (QED) is 0.337. The lowest BCUT2D eigenvalue weighted by Gasteiger charge is -2.27. The Morgan fingerprint density at radius 2 is 1.82 bits per heavy atom. The van der Waals surface area contributed by atoms with E-state index < -0.39 is 0 Å². The maximum absolute atomic E-state index is 13.5. The van der Waals surface area contributed by atoms with Crippen LogP contribution in [0.3, 0.4) is 0 Å². The molecule has 0 N–H and O–H groups in total. The molecule has 2 aromatic heterocycles. The monoisotopic (exact) mass is 458 g/mol. The zero-order chi connectivity index (χ0) is 23.8. The topological polar surface area (TPSA) is 42.7 Å². The Bertz CT molecular complexity index is 1320. The second-order valence-corrected chi connectivity index (χ2v) is 9.19. The van der Waals surface area contributed by atoms with Crippen LogP contribution in [0.25, 0.3) is 16.8 Å². The van der Waals surface area contributed by atoms with Crippen LogP contribution in [0.15, 0.2) is 42.6 Å². The molecule has 0 amide bonds. The van der Waals surface area contributed by atoms with E-state index in [4.69, 9.17) is 14.8 Å². The highest BCUT2D eigenvalue weighted by atomic mass is 19.1. The molecule has 2 aromatic carbocycles. The van der Waals surface area contributed by atoms with Crippen LogP contribution in [0.2, 0.25) is 0 Å². The molecule has 34 heavy (non-hydrogen) atoms. The molecule has 5 nitrogen and oxygen atoms in total. The summed E-state index contributed by atoms with van der Waals surface area (Å²) in [6.45, 7) is 8.00. The van der Waals surface area contributed by atoms with Crippen LogP contribution in [0.4, 0.5) is 10.2 Å². The van der Waals surface area contributed by atoms with Crippen molar-refractivity contribution in [2.75, 3.05) is 18.6 Å². The number of benzene rings is 2. The number of methoxy groups -OCH3 is 1. The molecule has 0 bridgehead atoms. The van der Waals surface area contributed by atoms with Crippen LogP contribution in [0.5, 0.6) is 5.75 Å². The van der Waals surface area contributed by atoms with Crippen LogP contribution in [0.1, 0.15) is 47.7 Å². The minimum absolute atomic E-state index is 0.208. The van der Waals surface area contributed by atoms with E-state index in [0.717, 1.165) is 77.3 Å². The number of aryl methyl sites for hydroxylation is 3. The summed E-state index contributed by atoms with van der Waals surface area (Å²) in [6.07, 6.45) is 6.05. The van der Waals surface area contributed by atoms with Gasteiger partial charge in [0.05, 0.1) is 13.3 Å². The summed E-state index contributed by atoms with van der Waals surface area (Å²) in [6, 6.07) is 10.9. The first-order chi connectivity index (χ1) is 16.5. The normalized spacial score (nSPS) is 12.9. The van der Waals surface area contributed by atoms with Crippen molar-refractivity contribution in [1.82, 2.24) is 14.6 Å². The first-order valence-corrected chi connectivity index (χ1v) is 12.0. The summed E-state index contributed by atoms with van der Waals surface area (Å²) in [5, 5.41) is 4.88. The zero-order valence-corrected chi connectivity index (χ0v) is 20.4. The predicted molar refractivity (Wildman–Crippen MR) is 134 cm³/mol. The van der Waals surface area contributed by atoms with Crippen LogP contribution >= 0.6 is 0 Å². The van der Waals surface area contributed by atoms with Gasteiger partial charge < -0.3 is 9.64 Å². The highest BCUT2D eigenvalue weighted by Crippen LogP contribution is 2.38. The van der Waals surface area contributed by atoms with Gasteiger partial charge in [-0.15, -0.1) is 0 Å². The highest BCUT2D eigenvalue weighted by Gasteiger charge is 2.26. The Balaban J connectivity index is 1.68. The van der Waals surface area contributed by atoms with Crippen molar-refractivity contribution in [3.63, 3.8) is 0 Å². The van der Waals surface area contributed by atoms with E-state index in [1.54, 1.807) is 7.11 Å². The first kappa shape index (κ1) is 22.4. The van der Waals surface area contributed by atoms with Crippen molar-refractivity contribution in [2.45, 2.75) is 53.0 Å². The van der Waals surface area contributed by atoms with Crippen LogP contribution in [-0.2, 0) is 19.4 Å². The van der Waals surface area contributed by atoms with Gasteiger partial charge in [-0.05, 0) is 86.1 Å². The molecule has 6 heteroatoms. The fraction of sp³-hybridized carbons (Fsp3) is 0.357. The first-order valence-electron chi connectivity index (χ1n) is 12.0. The molecule has 0 spiro atoms. The molecule has 1 aliphatic rings.